The van der Waals surface area contributed by atoms with Crippen molar-refractivity contribution >= 4 is 21.7 Å². The molecule has 0 amide bonds. The highest BCUT2D eigenvalue weighted by Crippen LogP contribution is 2.33. The smallest absolute Gasteiger partial charge is 0.368 e. The zero-order valence-electron chi connectivity index (χ0n) is 9.52. The van der Waals surface area contributed by atoms with Crippen LogP contribution in [0.5, 0.6) is 0 Å². The van der Waals surface area contributed by atoms with Gasteiger partial charge in [-0.2, -0.15) is 14.8 Å². The van der Waals surface area contributed by atoms with E-state index in [1.54, 1.807) is 6.92 Å². The lowest BCUT2D eigenvalue weighted by molar-refractivity contribution is -0.0503. The van der Waals surface area contributed by atoms with E-state index in [1.807, 2.05) is 0 Å². The van der Waals surface area contributed by atoms with Gasteiger partial charge in [-0.3, -0.25) is 0 Å². The van der Waals surface area contributed by atoms with Gasteiger partial charge in [0, 0.05) is 0 Å². The molecular weight excluding hydrogens is 308 g/mol. The number of aliphatic hydroxyl groups excluding tert-OH is 2. The van der Waals surface area contributed by atoms with Crippen molar-refractivity contribution < 1.29 is 14.9 Å². The fraction of sp³-hybridized carbons (Fsp3) is 0.667. The van der Waals surface area contributed by atoms with E-state index in [4.69, 9.17) is 15.6 Å². The van der Waals surface area contributed by atoms with Gasteiger partial charge in [0.15, 0.2) is 12.0 Å². The highest BCUT2D eigenvalue weighted by Gasteiger charge is 2.44. The fourth-order valence-electron chi connectivity index (χ4n) is 1.71. The van der Waals surface area contributed by atoms with Crippen LogP contribution in [0, 0.1) is 6.92 Å². The van der Waals surface area contributed by atoms with E-state index in [-0.39, 0.29) is 12.4 Å². The van der Waals surface area contributed by atoms with Crippen molar-refractivity contribution in [3.8, 4) is 0 Å². The molecule has 0 bridgehead atoms. The Kier molecular flexibility index (Phi) is 3.66. The monoisotopic (exact) mass is 320 g/mol. The lowest BCUT2D eigenvalue weighted by Crippen LogP contribution is -2.35. The summed E-state index contributed by atoms with van der Waals surface area (Å²) in [6.07, 6.45) is -2.55. The molecular formula is C9H13BrN4O4. The average Bonchev–Trinajstić information content (AvgIpc) is 2.61. The first-order valence-corrected chi connectivity index (χ1v) is 6.18. The molecule has 4 N–H and O–H groups in total. The third-order valence-electron chi connectivity index (χ3n) is 2.76. The third-order valence-corrected chi connectivity index (χ3v) is 3.75. The molecule has 0 aliphatic carbocycles. The van der Waals surface area contributed by atoms with Crippen LogP contribution >= 0.6 is 15.9 Å². The summed E-state index contributed by atoms with van der Waals surface area (Å²) in [5, 5.41) is 22.8. The second-order valence-electron chi connectivity index (χ2n) is 3.99. The van der Waals surface area contributed by atoms with E-state index >= 15 is 0 Å². The van der Waals surface area contributed by atoms with Gasteiger partial charge >= 0.3 is 5.69 Å². The van der Waals surface area contributed by atoms with Gasteiger partial charge in [0.1, 0.15) is 11.8 Å². The van der Waals surface area contributed by atoms with Crippen molar-refractivity contribution in [2.45, 2.75) is 30.2 Å². The van der Waals surface area contributed by atoms with Gasteiger partial charge in [-0.15, -0.1) is 0 Å². The van der Waals surface area contributed by atoms with Crippen LogP contribution in [-0.4, -0.2) is 48.6 Å². The lowest BCUT2D eigenvalue weighted by atomic mass is 10.2. The minimum Gasteiger partial charge on any atom is -0.394 e. The van der Waals surface area contributed by atoms with Crippen LogP contribution in [0.3, 0.4) is 0 Å². The molecule has 4 atom stereocenters. The normalized spacial score (nSPS) is 31.8. The Balaban J connectivity index is 2.39. The first kappa shape index (κ1) is 13.4. The second kappa shape index (κ2) is 4.92. The number of nitrogens with two attached hydrogens (primary N) is 1. The van der Waals surface area contributed by atoms with Gasteiger partial charge in [0.2, 0.25) is 0 Å². The van der Waals surface area contributed by atoms with Crippen molar-refractivity contribution in [2.24, 2.45) is 0 Å². The van der Waals surface area contributed by atoms with E-state index in [1.165, 1.54) is 0 Å². The summed E-state index contributed by atoms with van der Waals surface area (Å²) < 4.78 is 6.37. The predicted molar refractivity (Wildman–Crippen MR) is 65.2 cm³/mol. The first-order chi connectivity index (χ1) is 8.45. The Bertz CT molecular complexity index is 508. The summed E-state index contributed by atoms with van der Waals surface area (Å²) in [6.45, 7) is 1.26. The molecule has 1 saturated heterocycles. The Morgan fingerprint density at radius 1 is 1.61 bits per heavy atom. The predicted octanol–water partition coefficient (Wildman–Crippen LogP) is -1.46. The summed E-state index contributed by atoms with van der Waals surface area (Å²) >= 11 is 3.22. The van der Waals surface area contributed by atoms with E-state index in [0.717, 1.165) is 4.68 Å². The number of nitrogen functional groups attached to an aromatic ring is 1. The number of aryl methyl sites for hydroxylation is 1. The lowest BCUT2D eigenvalue weighted by Gasteiger charge is -2.16. The van der Waals surface area contributed by atoms with Crippen LogP contribution in [0.15, 0.2) is 4.79 Å². The van der Waals surface area contributed by atoms with Crippen LogP contribution in [0.25, 0.3) is 0 Å². The largest absolute Gasteiger partial charge is 0.394 e. The summed E-state index contributed by atoms with van der Waals surface area (Å²) in [5.74, 6) is 0.0552. The molecule has 0 unspecified atom stereocenters. The van der Waals surface area contributed by atoms with Crippen LogP contribution in [0.1, 0.15) is 11.9 Å². The summed E-state index contributed by atoms with van der Waals surface area (Å²) in [7, 11) is 0. The Morgan fingerprint density at radius 2 is 2.28 bits per heavy atom. The average molecular weight is 321 g/mol. The maximum absolute atomic E-state index is 11.7. The Morgan fingerprint density at radius 3 is 2.83 bits per heavy atom. The number of halogens is 1. The third kappa shape index (κ3) is 2.14. The van der Waals surface area contributed by atoms with Crippen LogP contribution in [0.2, 0.25) is 0 Å². The Labute approximate surface area is 111 Å². The molecule has 18 heavy (non-hydrogen) atoms. The van der Waals surface area contributed by atoms with Crippen LogP contribution in [-0.2, 0) is 4.74 Å². The van der Waals surface area contributed by atoms with Crippen LogP contribution in [0.4, 0.5) is 5.82 Å². The molecule has 1 aliphatic rings. The minimum absolute atomic E-state index is 0.0552. The van der Waals surface area contributed by atoms with Gasteiger partial charge < -0.3 is 20.7 Å². The molecule has 1 aromatic heterocycles. The van der Waals surface area contributed by atoms with Crippen molar-refractivity contribution in [2.75, 3.05) is 12.3 Å². The number of hydrogen-bond donors (Lipinski definition) is 3. The maximum atomic E-state index is 11.7. The van der Waals surface area contributed by atoms with E-state index in [2.05, 4.69) is 26.0 Å². The van der Waals surface area contributed by atoms with Gasteiger partial charge in [0.25, 0.3) is 0 Å². The molecule has 1 aliphatic heterocycles. The van der Waals surface area contributed by atoms with E-state index in [0.29, 0.717) is 5.69 Å². The summed E-state index contributed by atoms with van der Waals surface area (Å²) in [4.78, 5) is 14.7. The number of nitrogens with zero attached hydrogens (tertiary/aromatic N) is 3. The van der Waals surface area contributed by atoms with Crippen molar-refractivity contribution in [1.82, 2.24) is 14.8 Å². The first-order valence-electron chi connectivity index (χ1n) is 5.27. The molecule has 1 fully saturated rings. The molecule has 8 nitrogen and oxygen atoms in total. The molecule has 100 valence electrons. The van der Waals surface area contributed by atoms with Crippen LogP contribution < -0.4 is 11.4 Å². The number of alkyl halides is 1. The number of aliphatic hydroxyl groups is 2. The highest BCUT2D eigenvalue weighted by atomic mass is 79.9. The van der Waals surface area contributed by atoms with Crippen molar-refractivity contribution in [1.29, 1.82) is 0 Å². The molecule has 0 aromatic carbocycles. The van der Waals surface area contributed by atoms with E-state index in [9.17, 15) is 9.90 Å². The molecule has 0 spiro atoms. The zero-order chi connectivity index (χ0) is 13.4. The van der Waals surface area contributed by atoms with Gasteiger partial charge in [0.05, 0.1) is 17.5 Å². The molecule has 2 rings (SSSR count). The summed E-state index contributed by atoms with van der Waals surface area (Å²) in [5.41, 5.74) is 5.20. The standard InChI is InChI=1S/C9H13BrN4O4/c1-3-7(11)12-9(17)14(13-3)8-5(10)6(16)4(2-15)18-8/h4-6,8,15-16H,2H2,1H3,(H2,11,12,17)/t4-,5-,6-,8-/m1/s1. The highest BCUT2D eigenvalue weighted by molar-refractivity contribution is 9.09. The second-order valence-corrected chi connectivity index (χ2v) is 5.05. The molecule has 9 heteroatoms. The Hall–Kier alpha value is -1.03. The quantitative estimate of drug-likeness (QED) is 0.569. The maximum Gasteiger partial charge on any atom is 0.368 e. The van der Waals surface area contributed by atoms with Gasteiger partial charge in [-0.1, -0.05) is 15.9 Å². The SMILES string of the molecule is Cc1nn([C@@H]2O[C@H](CO)[C@@H](O)[C@H]2Br)c(=O)nc1N. The van der Waals surface area contributed by atoms with Gasteiger partial charge in [-0.25, -0.2) is 4.79 Å². The molecule has 0 radical (unpaired) electrons. The van der Waals surface area contributed by atoms with Crippen molar-refractivity contribution in [3.05, 3.63) is 16.2 Å². The molecule has 0 saturated carbocycles. The fourth-order valence-corrected chi connectivity index (χ4v) is 2.40. The van der Waals surface area contributed by atoms with Gasteiger partial charge in [-0.05, 0) is 6.92 Å². The number of hydrogen-bond acceptors (Lipinski definition) is 7. The minimum atomic E-state index is -0.938. The molecule has 2 heterocycles. The number of rotatable bonds is 2. The number of anilines is 1. The van der Waals surface area contributed by atoms with E-state index < -0.39 is 29.0 Å². The molecule has 1 aromatic rings. The number of ether oxygens (including phenoxy) is 1. The topological polar surface area (TPSA) is 123 Å². The number of aromatic nitrogens is 3. The zero-order valence-corrected chi connectivity index (χ0v) is 11.1. The summed E-state index contributed by atoms with van der Waals surface area (Å²) in [6, 6.07) is 0. The van der Waals surface area contributed by atoms with Crippen molar-refractivity contribution in [3.63, 3.8) is 0 Å².